The van der Waals surface area contributed by atoms with Gasteiger partial charge in [0.1, 0.15) is 6.61 Å². The van der Waals surface area contributed by atoms with Gasteiger partial charge in [-0.15, -0.1) is 11.3 Å². The number of fused-ring (bicyclic) bond motifs is 1. The van der Waals surface area contributed by atoms with Crippen LogP contribution in [0.3, 0.4) is 0 Å². The molecule has 0 N–H and O–H groups in total. The third-order valence-electron chi connectivity index (χ3n) is 5.49. The summed E-state index contributed by atoms with van der Waals surface area (Å²) in [6.07, 6.45) is 2.66. The van der Waals surface area contributed by atoms with Crippen LogP contribution < -0.4 is 5.56 Å². The van der Waals surface area contributed by atoms with E-state index in [0.717, 1.165) is 5.56 Å². The van der Waals surface area contributed by atoms with Crippen LogP contribution in [0.4, 0.5) is 0 Å². The Balaban J connectivity index is 1.57. The number of hydrogen-bond acceptors (Lipinski definition) is 6. The number of hydrogen-bond donors (Lipinski definition) is 0. The van der Waals surface area contributed by atoms with Crippen molar-refractivity contribution in [3.05, 3.63) is 69.6 Å². The van der Waals surface area contributed by atoms with Gasteiger partial charge < -0.3 is 9.64 Å². The summed E-state index contributed by atoms with van der Waals surface area (Å²) in [7, 11) is 0. The summed E-state index contributed by atoms with van der Waals surface area (Å²) < 4.78 is 7.11. The van der Waals surface area contributed by atoms with Crippen LogP contribution in [0.15, 0.2) is 52.8 Å². The Kier molecular flexibility index (Phi) is 5.19. The number of nitrogens with zero attached hydrogens (tertiary/aromatic N) is 3. The number of carbonyl (C=O) groups excluding carboxylic acids is 2. The SMILES string of the molecule is CC(=O)N1CCC(C(=O)OCc2cc(=O)n3ccsc3n2)(c2ccccc2)CC1. The fourth-order valence-corrected chi connectivity index (χ4v) is 4.55. The van der Waals surface area contributed by atoms with Crippen molar-refractivity contribution >= 4 is 28.2 Å². The number of rotatable bonds is 4. The van der Waals surface area contributed by atoms with Gasteiger partial charge in [0.25, 0.3) is 5.56 Å². The van der Waals surface area contributed by atoms with Crippen LogP contribution in [-0.4, -0.2) is 39.3 Å². The Morgan fingerprint density at radius 3 is 2.62 bits per heavy atom. The highest BCUT2D eigenvalue weighted by Gasteiger charge is 2.44. The second kappa shape index (κ2) is 7.79. The van der Waals surface area contributed by atoms with Gasteiger partial charge in [-0.1, -0.05) is 30.3 Å². The zero-order chi connectivity index (χ0) is 20.4. The number of piperidine rings is 1. The Labute approximate surface area is 171 Å². The molecule has 1 aromatic carbocycles. The Hall–Kier alpha value is -3.00. The Morgan fingerprint density at radius 2 is 1.93 bits per heavy atom. The molecular weight excluding hydrogens is 390 g/mol. The molecule has 0 bridgehead atoms. The predicted molar refractivity (Wildman–Crippen MR) is 109 cm³/mol. The average molecular weight is 411 g/mol. The largest absolute Gasteiger partial charge is 0.458 e. The summed E-state index contributed by atoms with van der Waals surface area (Å²) in [5.74, 6) is -0.339. The van der Waals surface area contributed by atoms with Crippen LogP contribution in [0.2, 0.25) is 0 Å². The van der Waals surface area contributed by atoms with E-state index in [4.69, 9.17) is 4.74 Å². The minimum absolute atomic E-state index is 0.00829. The first-order chi connectivity index (χ1) is 14.0. The van der Waals surface area contributed by atoms with Gasteiger partial charge in [-0.25, -0.2) is 4.98 Å². The molecule has 4 rings (SSSR count). The van der Waals surface area contributed by atoms with Crippen LogP contribution in [0.1, 0.15) is 31.0 Å². The number of carbonyl (C=O) groups is 2. The molecule has 3 aromatic rings. The molecule has 1 fully saturated rings. The van der Waals surface area contributed by atoms with Crippen molar-refractivity contribution in [1.82, 2.24) is 14.3 Å². The van der Waals surface area contributed by atoms with Gasteiger partial charge in [0, 0.05) is 37.7 Å². The van der Waals surface area contributed by atoms with Crippen LogP contribution in [0.25, 0.3) is 4.96 Å². The van der Waals surface area contributed by atoms with Crippen molar-refractivity contribution in [2.24, 2.45) is 0 Å². The topological polar surface area (TPSA) is 81.0 Å². The quantitative estimate of drug-likeness (QED) is 0.616. The zero-order valence-electron chi connectivity index (χ0n) is 16.0. The standard InChI is InChI=1S/C21H21N3O4S/c1-15(25)23-9-7-21(8-10-23,16-5-3-2-4-6-16)19(27)28-14-17-13-18(26)24-11-12-29-20(24)22-17/h2-6,11-13H,7-10,14H2,1H3. The number of ether oxygens (including phenoxy) is 1. The first-order valence-electron chi connectivity index (χ1n) is 9.44. The Bertz CT molecular complexity index is 1100. The number of esters is 1. The minimum Gasteiger partial charge on any atom is -0.458 e. The van der Waals surface area contributed by atoms with Crippen molar-refractivity contribution in [2.75, 3.05) is 13.1 Å². The lowest BCUT2D eigenvalue weighted by Crippen LogP contribution is -2.49. The summed E-state index contributed by atoms with van der Waals surface area (Å²) in [4.78, 5) is 43.8. The van der Waals surface area contributed by atoms with Crippen molar-refractivity contribution in [3.8, 4) is 0 Å². The molecule has 1 amide bonds. The first kappa shape index (κ1) is 19.3. The molecule has 0 spiro atoms. The van der Waals surface area contributed by atoms with E-state index in [2.05, 4.69) is 4.98 Å². The molecule has 8 heteroatoms. The van der Waals surface area contributed by atoms with Crippen molar-refractivity contribution in [3.63, 3.8) is 0 Å². The van der Waals surface area contributed by atoms with Crippen LogP contribution in [0, 0.1) is 0 Å². The highest BCUT2D eigenvalue weighted by atomic mass is 32.1. The molecule has 29 heavy (non-hydrogen) atoms. The summed E-state index contributed by atoms with van der Waals surface area (Å²) in [5, 5.41) is 1.78. The van der Waals surface area contributed by atoms with Gasteiger partial charge in [0.2, 0.25) is 5.91 Å². The van der Waals surface area contributed by atoms with Gasteiger partial charge in [-0.2, -0.15) is 0 Å². The lowest BCUT2D eigenvalue weighted by Gasteiger charge is -2.40. The van der Waals surface area contributed by atoms with Crippen LogP contribution in [-0.2, 0) is 26.3 Å². The molecule has 1 saturated heterocycles. The molecular formula is C21H21N3O4S. The van der Waals surface area contributed by atoms with E-state index in [9.17, 15) is 14.4 Å². The molecule has 1 aliphatic rings. The maximum atomic E-state index is 13.2. The molecule has 0 saturated carbocycles. The van der Waals surface area contributed by atoms with Crippen molar-refractivity contribution in [2.45, 2.75) is 31.8 Å². The number of thiazole rings is 1. The predicted octanol–water partition coefficient (Wildman–Crippen LogP) is 2.38. The van der Waals surface area contributed by atoms with Gasteiger partial charge in [-0.05, 0) is 18.4 Å². The summed E-state index contributed by atoms with van der Waals surface area (Å²) >= 11 is 1.35. The molecule has 0 radical (unpaired) electrons. The van der Waals surface area contributed by atoms with Gasteiger partial charge in [0.15, 0.2) is 4.96 Å². The van der Waals surface area contributed by atoms with E-state index in [1.807, 2.05) is 30.3 Å². The highest BCUT2D eigenvalue weighted by molar-refractivity contribution is 7.15. The minimum atomic E-state index is -0.810. The summed E-state index contributed by atoms with van der Waals surface area (Å²) in [6, 6.07) is 10.9. The van der Waals surface area contributed by atoms with E-state index in [-0.39, 0.29) is 24.0 Å². The third kappa shape index (κ3) is 3.67. The summed E-state index contributed by atoms with van der Waals surface area (Å²) in [6.45, 7) is 2.48. The average Bonchev–Trinajstić information content (AvgIpc) is 3.22. The maximum absolute atomic E-state index is 13.2. The third-order valence-corrected chi connectivity index (χ3v) is 6.24. The van der Waals surface area contributed by atoms with E-state index < -0.39 is 5.41 Å². The van der Waals surface area contributed by atoms with E-state index in [1.54, 1.807) is 23.4 Å². The number of amides is 1. The normalized spacial score (nSPS) is 16.0. The molecule has 7 nitrogen and oxygen atoms in total. The fraction of sp³-hybridized carbons (Fsp3) is 0.333. The second-order valence-corrected chi connectivity index (χ2v) is 8.04. The lowest BCUT2D eigenvalue weighted by molar-refractivity contribution is -0.155. The van der Waals surface area contributed by atoms with E-state index >= 15 is 0 Å². The van der Waals surface area contributed by atoms with Crippen molar-refractivity contribution < 1.29 is 14.3 Å². The molecule has 150 valence electrons. The number of benzene rings is 1. The van der Waals surface area contributed by atoms with Crippen LogP contribution in [0.5, 0.6) is 0 Å². The van der Waals surface area contributed by atoms with Gasteiger partial charge >= 0.3 is 5.97 Å². The first-order valence-corrected chi connectivity index (χ1v) is 10.3. The van der Waals surface area contributed by atoms with Gasteiger partial charge in [0.05, 0.1) is 11.1 Å². The smallest absolute Gasteiger partial charge is 0.317 e. The van der Waals surface area contributed by atoms with Crippen molar-refractivity contribution in [1.29, 1.82) is 0 Å². The fourth-order valence-electron chi connectivity index (χ4n) is 3.81. The van der Waals surface area contributed by atoms with E-state index in [1.165, 1.54) is 21.8 Å². The lowest BCUT2D eigenvalue weighted by atomic mass is 9.72. The molecule has 1 aliphatic heterocycles. The molecule has 0 atom stereocenters. The van der Waals surface area contributed by atoms with Gasteiger partial charge in [-0.3, -0.25) is 18.8 Å². The number of likely N-dealkylation sites (tertiary alicyclic amines) is 1. The Morgan fingerprint density at radius 1 is 1.21 bits per heavy atom. The second-order valence-electron chi connectivity index (χ2n) is 7.17. The molecule has 2 aromatic heterocycles. The number of aromatic nitrogens is 2. The highest BCUT2D eigenvalue weighted by Crippen LogP contribution is 2.37. The molecule has 0 aliphatic carbocycles. The molecule has 0 unspecified atom stereocenters. The summed E-state index contributed by atoms with van der Waals surface area (Å²) in [5.41, 5.74) is 0.301. The monoisotopic (exact) mass is 411 g/mol. The van der Waals surface area contributed by atoms with E-state index in [0.29, 0.717) is 36.6 Å². The van der Waals surface area contributed by atoms with Crippen LogP contribution >= 0.6 is 11.3 Å². The maximum Gasteiger partial charge on any atom is 0.317 e. The molecule has 3 heterocycles. The zero-order valence-corrected chi connectivity index (χ0v) is 16.9.